The molecule has 0 unspecified atom stereocenters. The minimum Gasteiger partial charge on any atom is -0.362 e. The molecule has 0 spiro atoms. The summed E-state index contributed by atoms with van der Waals surface area (Å²) in [5, 5.41) is 3.50. The van der Waals surface area contributed by atoms with E-state index >= 15 is 0 Å². The summed E-state index contributed by atoms with van der Waals surface area (Å²) >= 11 is 5.90. The van der Waals surface area contributed by atoms with Crippen LogP contribution in [0, 0.1) is 0 Å². The Morgan fingerprint density at radius 1 is 1.20 bits per heavy atom. The van der Waals surface area contributed by atoms with E-state index in [0.717, 1.165) is 24.3 Å². The molecule has 4 heteroatoms. The monoisotopic (exact) mass is 286 g/mol. The number of hydrogen-bond acceptors (Lipinski definition) is 2. The van der Waals surface area contributed by atoms with Gasteiger partial charge in [-0.05, 0) is 36.2 Å². The average Bonchev–Trinajstić information content (AvgIpc) is 2.82. The quantitative estimate of drug-likeness (QED) is 0.938. The van der Waals surface area contributed by atoms with Crippen LogP contribution in [0.5, 0.6) is 0 Å². The molecule has 1 aliphatic rings. The molecule has 2 aromatic rings. The Balaban J connectivity index is 1.66. The van der Waals surface area contributed by atoms with Gasteiger partial charge < -0.3 is 10.2 Å². The second kappa shape index (κ2) is 5.55. The highest BCUT2D eigenvalue weighted by atomic mass is 35.5. The van der Waals surface area contributed by atoms with Crippen molar-refractivity contribution in [1.29, 1.82) is 0 Å². The normalized spacial score (nSPS) is 13.2. The molecule has 0 saturated heterocycles. The first-order valence-corrected chi connectivity index (χ1v) is 6.98. The number of anilines is 2. The van der Waals surface area contributed by atoms with Gasteiger partial charge in [-0.15, -0.1) is 0 Å². The van der Waals surface area contributed by atoms with E-state index in [4.69, 9.17) is 11.6 Å². The van der Waals surface area contributed by atoms with Gasteiger partial charge >= 0.3 is 0 Å². The zero-order valence-corrected chi connectivity index (χ0v) is 11.7. The molecule has 3 nitrogen and oxygen atoms in total. The van der Waals surface area contributed by atoms with E-state index in [9.17, 15) is 4.79 Å². The molecule has 2 aromatic carbocycles. The second-order valence-electron chi connectivity index (χ2n) is 4.86. The summed E-state index contributed by atoms with van der Waals surface area (Å²) in [6, 6.07) is 15.4. The standard InChI is InChI=1S/C16H15ClN2O/c17-13-5-3-6-14(10-13)18-16(20)11-19-9-8-12-4-1-2-7-15(12)19/h1-7,10H,8-9,11H2,(H,18,20). The maximum Gasteiger partial charge on any atom is 0.243 e. The van der Waals surface area contributed by atoms with Gasteiger partial charge in [0.15, 0.2) is 0 Å². The molecule has 20 heavy (non-hydrogen) atoms. The minimum absolute atomic E-state index is 0.0241. The lowest BCUT2D eigenvalue weighted by atomic mass is 10.2. The van der Waals surface area contributed by atoms with Crippen LogP contribution in [0.3, 0.4) is 0 Å². The maximum atomic E-state index is 12.1. The lowest BCUT2D eigenvalue weighted by Crippen LogP contribution is -2.31. The summed E-state index contributed by atoms with van der Waals surface area (Å²) in [7, 11) is 0. The van der Waals surface area contributed by atoms with Gasteiger partial charge in [0.25, 0.3) is 0 Å². The molecule has 102 valence electrons. The van der Waals surface area contributed by atoms with Gasteiger partial charge in [0, 0.05) is 22.9 Å². The number of hydrogen-bond donors (Lipinski definition) is 1. The first kappa shape index (κ1) is 13.0. The van der Waals surface area contributed by atoms with Gasteiger partial charge in [0.05, 0.1) is 6.54 Å². The zero-order chi connectivity index (χ0) is 13.9. The average molecular weight is 287 g/mol. The van der Waals surface area contributed by atoms with Crippen molar-refractivity contribution in [3.05, 3.63) is 59.1 Å². The highest BCUT2D eigenvalue weighted by Crippen LogP contribution is 2.27. The fraction of sp³-hybridized carbons (Fsp3) is 0.188. The summed E-state index contributed by atoms with van der Waals surface area (Å²) < 4.78 is 0. The van der Waals surface area contributed by atoms with Crippen LogP contribution in [-0.2, 0) is 11.2 Å². The van der Waals surface area contributed by atoms with E-state index in [2.05, 4.69) is 22.3 Å². The lowest BCUT2D eigenvalue weighted by Gasteiger charge is -2.18. The maximum absolute atomic E-state index is 12.1. The summed E-state index contributed by atoms with van der Waals surface area (Å²) in [5.41, 5.74) is 3.20. The van der Waals surface area contributed by atoms with Crippen LogP contribution in [0.4, 0.5) is 11.4 Å². The molecule has 0 aliphatic carbocycles. The van der Waals surface area contributed by atoms with Crippen molar-refractivity contribution in [3.63, 3.8) is 0 Å². The van der Waals surface area contributed by atoms with Crippen LogP contribution >= 0.6 is 11.6 Å². The number of halogens is 1. The van der Waals surface area contributed by atoms with Crippen LogP contribution in [0.25, 0.3) is 0 Å². The number of benzene rings is 2. The number of nitrogens with zero attached hydrogens (tertiary/aromatic N) is 1. The Bertz CT molecular complexity index is 642. The van der Waals surface area contributed by atoms with E-state index in [-0.39, 0.29) is 5.91 Å². The van der Waals surface area contributed by atoms with E-state index in [1.165, 1.54) is 5.56 Å². The molecule has 1 aliphatic heterocycles. The van der Waals surface area contributed by atoms with Crippen molar-refractivity contribution in [3.8, 4) is 0 Å². The number of nitrogens with one attached hydrogen (secondary N) is 1. The van der Waals surface area contributed by atoms with Gasteiger partial charge in [-0.3, -0.25) is 4.79 Å². The zero-order valence-electron chi connectivity index (χ0n) is 11.0. The molecule has 0 saturated carbocycles. The largest absolute Gasteiger partial charge is 0.362 e. The first-order chi connectivity index (χ1) is 9.72. The molecule has 0 aromatic heterocycles. The van der Waals surface area contributed by atoms with E-state index < -0.39 is 0 Å². The Hall–Kier alpha value is -2.00. The Morgan fingerprint density at radius 2 is 2.05 bits per heavy atom. The van der Waals surface area contributed by atoms with Crippen LogP contribution in [0.15, 0.2) is 48.5 Å². The van der Waals surface area contributed by atoms with Crippen molar-refractivity contribution in [2.45, 2.75) is 6.42 Å². The number of carbonyl (C=O) groups excluding carboxylic acids is 1. The van der Waals surface area contributed by atoms with E-state index in [1.807, 2.05) is 24.3 Å². The van der Waals surface area contributed by atoms with Gasteiger partial charge in [0.1, 0.15) is 0 Å². The number of para-hydroxylation sites is 1. The SMILES string of the molecule is O=C(CN1CCc2ccccc21)Nc1cccc(Cl)c1. The fourth-order valence-corrected chi connectivity index (χ4v) is 2.70. The predicted molar refractivity (Wildman–Crippen MR) is 82.4 cm³/mol. The van der Waals surface area contributed by atoms with Crippen LogP contribution in [0.2, 0.25) is 5.02 Å². The Kier molecular flexibility index (Phi) is 3.61. The van der Waals surface area contributed by atoms with Gasteiger partial charge in [0.2, 0.25) is 5.91 Å². The third-order valence-electron chi connectivity index (χ3n) is 3.43. The molecule has 1 N–H and O–H groups in total. The molecule has 0 radical (unpaired) electrons. The lowest BCUT2D eigenvalue weighted by molar-refractivity contribution is -0.115. The van der Waals surface area contributed by atoms with Crippen molar-refractivity contribution in [2.75, 3.05) is 23.3 Å². The summed E-state index contributed by atoms with van der Waals surface area (Å²) in [5.74, 6) is -0.0241. The Morgan fingerprint density at radius 3 is 2.90 bits per heavy atom. The van der Waals surface area contributed by atoms with Crippen molar-refractivity contribution < 1.29 is 4.79 Å². The fourth-order valence-electron chi connectivity index (χ4n) is 2.51. The molecule has 0 fully saturated rings. The second-order valence-corrected chi connectivity index (χ2v) is 5.30. The van der Waals surface area contributed by atoms with Gasteiger partial charge in [-0.1, -0.05) is 35.9 Å². The summed E-state index contributed by atoms with van der Waals surface area (Å²) in [4.78, 5) is 14.2. The number of rotatable bonds is 3. The molecule has 0 atom stereocenters. The third kappa shape index (κ3) is 2.78. The highest BCUT2D eigenvalue weighted by Gasteiger charge is 2.20. The van der Waals surface area contributed by atoms with Crippen LogP contribution in [0.1, 0.15) is 5.56 Å². The van der Waals surface area contributed by atoms with Crippen molar-refractivity contribution in [2.24, 2.45) is 0 Å². The molecule has 1 amide bonds. The minimum atomic E-state index is -0.0241. The third-order valence-corrected chi connectivity index (χ3v) is 3.66. The predicted octanol–water partition coefficient (Wildman–Crippen LogP) is 3.34. The van der Waals surface area contributed by atoms with Gasteiger partial charge in [-0.2, -0.15) is 0 Å². The summed E-state index contributed by atoms with van der Waals surface area (Å²) in [6.07, 6.45) is 1.00. The highest BCUT2D eigenvalue weighted by molar-refractivity contribution is 6.30. The molecule has 0 bridgehead atoms. The number of fused-ring (bicyclic) bond motifs is 1. The van der Waals surface area contributed by atoms with E-state index in [0.29, 0.717) is 11.6 Å². The molecular weight excluding hydrogens is 272 g/mol. The van der Waals surface area contributed by atoms with Crippen LogP contribution < -0.4 is 10.2 Å². The Labute approximate surface area is 123 Å². The van der Waals surface area contributed by atoms with Crippen molar-refractivity contribution in [1.82, 2.24) is 0 Å². The molecular formula is C16H15ClN2O. The number of amides is 1. The molecule has 1 heterocycles. The first-order valence-electron chi connectivity index (χ1n) is 6.60. The van der Waals surface area contributed by atoms with Crippen molar-refractivity contribution >= 4 is 28.9 Å². The van der Waals surface area contributed by atoms with Crippen LogP contribution in [-0.4, -0.2) is 19.0 Å². The number of carbonyl (C=O) groups is 1. The molecule has 3 rings (SSSR count). The summed E-state index contributed by atoms with van der Waals surface area (Å²) in [6.45, 7) is 1.26. The smallest absolute Gasteiger partial charge is 0.243 e. The van der Waals surface area contributed by atoms with E-state index in [1.54, 1.807) is 12.1 Å². The topological polar surface area (TPSA) is 32.3 Å². The van der Waals surface area contributed by atoms with Gasteiger partial charge in [-0.25, -0.2) is 0 Å².